The van der Waals surface area contributed by atoms with E-state index in [0.717, 1.165) is 4.47 Å². The van der Waals surface area contributed by atoms with Crippen LogP contribution in [0.2, 0.25) is 5.02 Å². The maximum Gasteiger partial charge on any atom is 0.277 e. The lowest BCUT2D eigenvalue weighted by Crippen LogP contribution is -2.26. The molecule has 3 rings (SSSR count). The van der Waals surface area contributed by atoms with Crippen molar-refractivity contribution < 1.29 is 18.8 Å². The summed E-state index contributed by atoms with van der Waals surface area (Å²) in [6.07, 6.45) is 1.47. The number of aryl methyl sites for hydroxylation is 1. The maximum atomic E-state index is 15.2. The molecule has 0 saturated heterocycles. The number of ether oxygens (including phenoxy) is 1. The van der Waals surface area contributed by atoms with Gasteiger partial charge in [0, 0.05) is 18.6 Å². The van der Waals surface area contributed by atoms with Crippen molar-refractivity contribution in [2.24, 2.45) is 7.05 Å². The molecule has 0 saturated carbocycles. The van der Waals surface area contributed by atoms with Crippen LogP contribution in [0.25, 0.3) is 11.0 Å². The summed E-state index contributed by atoms with van der Waals surface area (Å²) in [6.45, 7) is 0.453. The van der Waals surface area contributed by atoms with Crippen molar-refractivity contribution in [2.75, 3.05) is 25.6 Å². The number of methoxy groups -OCH3 is 1. The third-order valence-corrected chi connectivity index (χ3v) is 4.76. The summed E-state index contributed by atoms with van der Waals surface area (Å²) in [7, 11) is 3.23. The fraction of sp³-hybridized carbons (Fsp3) is 0.222. The van der Waals surface area contributed by atoms with Crippen LogP contribution in [0.15, 0.2) is 35.1 Å². The number of hydrogen-bond donors (Lipinski definition) is 2. The number of fused-ring (bicyclic) bond motifs is 1. The molecule has 28 heavy (non-hydrogen) atoms. The van der Waals surface area contributed by atoms with E-state index in [4.69, 9.17) is 21.2 Å². The van der Waals surface area contributed by atoms with Gasteiger partial charge in [-0.2, -0.15) is 0 Å². The van der Waals surface area contributed by atoms with Gasteiger partial charge in [-0.3, -0.25) is 9.63 Å². The van der Waals surface area contributed by atoms with Crippen LogP contribution in [0.4, 0.5) is 15.8 Å². The SMILES string of the molecule is COCCONC(=O)c1cc2c(ncn2C)c(F)c1Nc1ccc(Br)cc1Cl. The number of nitrogens with zero attached hydrogens (tertiary/aromatic N) is 2. The molecule has 2 aromatic carbocycles. The molecule has 0 aliphatic carbocycles. The Hall–Kier alpha value is -2.20. The number of halogens is 3. The van der Waals surface area contributed by atoms with Crippen molar-refractivity contribution in [1.82, 2.24) is 15.0 Å². The summed E-state index contributed by atoms with van der Waals surface area (Å²) in [5.41, 5.74) is 3.32. The number of anilines is 2. The quantitative estimate of drug-likeness (QED) is 0.399. The molecule has 0 atom stereocenters. The number of imidazole rings is 1. The minimum absolute atomic E-state index is 0.0463. The minimum atomic E-state index is -0.667. The molecule has 0 radical (unpaired) electrons. The highest BCUT2D eigenvalue weighted by Crippen LogP contribution is 2.34. The van der Waals surface area contributed by atoms with Crippen molar-refractivity contribution >= 4 is 55.8 Å². The predicted molar refractivity (Wildman–Crippen MR) is 108 cm³/mol. The Bertz CT molecular complexity index is 1030. The third kappa shape index (κ3) is 4.27. The molecule has 3 aromatic rings. The summed E-state index contributed by atoms with van der Waals surface area (Å²) in [6, 6.07) is 6.62. The highest BCUT2D eigenvalue weighted by Gasteiger charge is 2.22. The van der Waals surface area contributed by atoms with E-state index in [-0.39, 0.29) is 23.4 Å². The molecule has 0 bridgehead atoms. The van der Waals surface area contributed by atoms with Crippen LogP contribution in [-0.2, 0) is 16.6 Å². The Morgan fingerprint density at radius 2 is 2.14 bits per heavy atom. The first kappa shape index (κ1) is 20.5. The second kappa shape index (κ2) is 8.87. The van der Waals surface area contributed by atoms with Crippen LogP contribution in [-0.4, -0.2) is 35.8 Å². The molecule has 1 aromatic heterocycles. The maximum absolute atomic E-state index is 15.2. The van der Waals surface area contributed by atoms with Crippen molar-refractivity contribution in [1.29, 1.82) is 0 Å². The first-order valence-electron chi connectivity index (χ1n) is 8.19. The van der Waals surface area contributed by atoms with Gasteiger partial charge in [-0.1, -0.05) is 27.5 Å². The molecular formula is C18H17BrClFN4O3. The molecule has 2 N–H and O–H groups in total. The zero-order valence-electron chi connectivity index (χ0n) is 15.1. The molecule has 0 fully saturated rings. The van der Waals surface area contributed by atoms with E-state index in [1.807, 2.05) is 0 Å². The second-order valence-electron chi connectivity index (χ2n) is 5.86. The Balaban J connectivity index is 2.03. The third-order valence-electron chi connectivity index (χ3n) is 3.95. The lowest BCUT2D eigenvalue weighted by atomic mass is 10.1. The van der Waals surface area contributed by atoms with E-state index < -0.39 is 11.7 Å². The fourth-order valence-electron chi connectivity index (χ4n) is 2.55. The summed E-state index contributed by atoms with van der Waals surface area (Å²) >= 11 is 9.55. The smallest absolute Gasteiger partial charge is 0.277 e. The van der Waals surface area contributed by atoms with E-state index >= 15 is 4.39 Å². The zero-order valence-corrected chi connectivity index (χ0v) is 17.4. The molecule has 0 spiro atoms. The number of benzene rings is 2. The molecule has 10 heteroatoms. The van der Waals surface area contributed by atoms with Crippen LogP contribution in [0.5, 0.6) is 0 Å². The molecular weight excluding hydrogens is 455 g/mol. The Morgan fingerprint density at radius 1 is 1.36 bits per heavy atom. The molecule has 0 aliphatic rings. The van der Waals surface area contributed by atoms with E-state index in [1.165, 1.54) is 19.5 Å². The number of aromatic nitrogens is 2. The Kier molecular flexibility index (Phi) is 6.50. The van der Waals surface area contributed by atoms with E-state index in [2.05, 4.69) is 31.7 Å². The zero-order chi connectivity index (χ0) is 20.3. The molecule has 1 heterocycles. The average Bonchev–Trinajstić information content (AvgIpc) is 3.03. The minimum Gasteiger partial charge on any atom is -0.382 e. The van der Waals surface area contributed by atoms with Crippen LogP contribution < -0.4 is 10.8 Å². The van der Waals surface area contributed by atoms with E-state index in [1.54, 1.807) is 29.8 Å². The number of hydrogen-bond acceptors (Lipinski definition) is 5. The second-order valence-corrected chi connectivity index (χ2v) is 7.18. The van der Waals surface area contributed by atoms with Crippen LogP contribution >= 0.6 is 27.5 Å². The first-order valence-corrected chi connectivity index (χ1v) is 9.36. The largest absolute Gasteiger partial charge is 0.382 e. The van der Waals surface area contributed by atoms with Gasteiger partial charge in [-0.05, 0) is 24.3 Å². The van der Waals surface area contributed by atoms with Gasteiger partial charge in [0.1, 0.15) is 5.52 Å². The van der Waals surface area contributed by atoms with E-state index in [9.17, 15) is 4.79 Å². The van der Waals surface area contributed by atoms with Crippen LogP contribution in [0.1, 0.15) is 10.4 Å². The lowest BCUT2D eigenvalue weighted by Gasteiger charge is -2.15. The number of rotatable bonds is 7. The molecule has 0 unspecified atom stereocenters. The number of carbonyl (C=O) groups excluding carboxylic acids is 1. The van der Waals surface area contributed by atoms with Gasteiger partial charge >= 0.3 is 0 Å². The summed E-state index contributed by atoms with van der Waals surface area (Å²) in [5.74, 6) is -1.28. The van der Waals surface area contributed by atoms with Crippen molar-refractivity contribution in [3.05, 3.63) is 51.5 Å². The van der Waals surface area contributed by atoms with Crippen molar-refractivity contribution in [2.45, 2.75) is 0 Å². The lowest BCUT2D eigenvalue weighted by molar-refractivity contribution is 0.00893. The molecule has 7 nitrogen and oxygen atoms in total. The Morgan fingerprint density at radius 3 is 2.86 bits per heavy atom. The monoisotopic (exact) mass is 470 g/mol. The number of carbonyl (C=O) groups is 1. The molecule has 1 amide bonds. The van der Waals surface area contributed by atoms with Gasteiger partial charge in [0.15, 0.2) is 5.82 Å². The number of amides is 1. The van der Waals surface area contributed by atoms with Gasteiger partial charge in [-0.15, -0.1) is 0 Å². The van der Waals surface area contributed by atoms with Crippen LogP contribution in [0, 0.1) is 5.82 Å². The van der Waals surface area contributed by atoms with Gasteiger partial charge in [-0.25, -0.2) is 14.9 Å². The van der Waals surface area contributed by atoms with Crippen LogP contribution in [0.3, 0.4) is 0 Å². The average molecular weight is 472 g/mol. The predicted octanol–water partition coefficient (Wildman–Crippen LogP) is 4.18. The van der Waals surface area contributed by atoms with E-state index in [0.29, 0.717) is 22.8 Å². The highest BCUT2D eigenvalue weighted by molar-refractivity contribution is 9.10. The summed E-state index contributed by atoms with van der Waals surface area (Å²) < 4.78 is 22.5. The molecule has 148 valence electrons. The van der Waals surface area contributed by atoms with Gasteiger partial charge < -0.3 is 14.6 Å². The summed E-state index contributed by atoms with van der Waals surface area (Å²) in [5, 5.41) is 3.26. The standard InChI is InChI=1S/C18H17BrClFN4O3/c1-25-9-22-17-14(25)8-11(18(26)24-28-6-5-27-2)16(15(17)21)23-13-4-3-10(19)7-12(13)20/h3-4,7-9,23H,5-6H2,1-2H3,(H,24,26). The topological polar surface area (TPSA) is 77.4 Å². The fourth-order valence-corrected chi connectivity index (χ4v) is 3.27. The normalized spacial score (nSPS) is 11.0. The van der Waals surface area contributed by atoms with Gasteiger partial charge in [0.2, 0.25) is 0 Å². The van der Waals surface area contributed by atoms with Gasteiger partial charge in [0.05, 0.1) is 47.0 Å². The first-order chi connectivity index (χ1) is 13.4. The van der Waals surface area contributed by atoms with Crippen molar-refractivity contribution in [3.63, 3.8) is 0 Å². The summed E-state index contributed by atoms with van der Waals surface area (Å²) in [4.78, 5) is 21.8. The van der Waals surface area contributed by atoms with Gasteiger partial charge in [0.25, 0.3) is 5.91 Å². The Labute approximate surface area is 173 Å². The van der Waals surface area contributed by atoms with Crippen molar-refractivity contribution in [3.8, 4) is 0 Å². The highest BCUT2D eigenvalue weighted by atomic mass is 79.9. The molecule has 0 aliphatic heterocycles. The number of hydroxylamine groups is 1. The number of nitrogens with one attached hydrogen (secondary N) is 2.